The molecule has 0 saturated heterocycles. The van der Waals surface area contributed by atoms with Gasteiger partial charge >= 0.3 is 12.1 Å². The molecule has 8 nitrogen and oxygen atoms in total. The Kier molecular flexibility index (Phi) is 5.29. The standard InChI is InChI=1S/C18H23ClN2O6S2/c1-16(2,3)27-15(24)20-14-18(6-5-7-18)29(25,26)9-17(4,21-14)12-10(19)8-11(28-12)13(22)23/h8H,5-7,9H2,1-4H3,(H,22,23)(H,20,21,24). The second kappa shape index (κ2) is 6.95. The van der Waals surface area contributed by atoms with Crippen LogP contribution in [0.5, 0.6) is 0 Å². The Morgan fingerprint density at radius 3 is 2.41 bits per heavy atom. The predicted molar refractivity (Wildman–Crippen MR) is 111 cm³/mol. The van der Waals surface area contributed by atoms with E-state index < -0.39 is 37.8 Å². The molecule has 1 aromatic rings. The molecule has 1 fully saturated rings. The number of nitrogens with zero attached hydrogens (tertiary/aromatic N) is 1. The third-order valence-electron chi connectivity index (χ3n) is 5.02. The van der Waals surface area contributed by atoms with Crippen molar-refractivity contribution in [2.24, 2.45) is 4.99 Å². The molecule has 1 saturated carbocycles. The number of ether oxygens (including phenoxy) is 1. The number of amidine groups is 1. The monoisotopic (exact) mass is 462 g/mol. The topological polar surface area (TPSA) is 122 Å². The van der Waals surface area contributed by atoms with E-state index in [2.05, 4.69) is 10.3 Å². The molecule has 1 aromatic heterocycles. The first-order valence-corrected chi connectivity index (χ1v) is 11.9. The Labute approximate surface area is 178 Å². The fraction of sp³-hybridized carbons (Fsp3) is 0.611. The normalized spacial score (nSPS) is 25.1. The Morgan fingerprint density at radius 2 is 1.97 bits per heavy atom. The number of aromatic carboxylic acids is 1. The summed E-state index contributed by atoms with van der Waals surface area (Å²) in [6.07, 6.45) is 0.635. The van der Waals surface area contributed by atoms with E-state index in [1.165, 1.54) is 6.07 Å². The molecule has 0 radical (unpaired) electrons. The van der Waals surface area contributed by atoms with Gasteiger partial charge in [-0.2, -0.15) is 0 Å². The van der Waals surface area contributed by atoms with E-state index in [0.717, 1.165) is 11.3 Å². The van der Waals surface area contributed by atoms with Crippen LogP contribution in [0.25, 0.3) is 0 Å². The number of carboxylic acids is 1. The molecule has 11 heteroatoms. The van der Waals surface area contributed by atoms with Crippen LogP contribution in [-0.4, -0.2) is 47.5 Å². The Hall–Kier alpha value is -1.65. The summed E-state index contributed by atoms with van der Waals surface area (Å²) in [5, 5.41) is 11.9. The highest BCUT2D eigenvalue weighted by atomic mass is 35.5. The number of carbonyl (C=O) groups excluding carboxylic acids is 1. The minimum absolute atomic E-state index is 0.00981. The zero-order chi connectivity index (χ0) is 21.8. The first kappa shape index (κ1) is 22.0. The Bertz CT molecular complexity index is 1000. The highest BCUT2D eigenvalue weighted by molar-refractivity contribution is 7.93. The van der Waals surface area contributed by atoms with E-state index in [1.807, 2.05) is 0 Å². The summed E-state index contributed by atoms with van der Waals surface area (Å²) in [5.74, 6) is -1.44. The van der Waals surface area contributed by atoms with Gasteiger partial charge in [-0.05, 0) is 53.0 Å². The van der Waals surface area contributed by atoms with Gasteiger partial charge < -0.3 is 9.84 Å². The Balaban J connectivity index is 2.09. The van der Waals surface area contributed by atoms with Gasteiger partial charge in [0.1, 0.15) is 26.6 Å². The molecule has 0 bridgehead atoms. The van der Waals surface area contributed by atoms with Crippen molar-refractivity contribution in [3.05, 3.63) is 20.8 Å². The lowest BCUT2D eigenvalue weighted by atomic mass is 9.82. The van der Waals surface area contributed by atoms with E-state index in [1.54, 1.807) is 27.7 Å². The van der Waals surface area contributed by atoms with Crippen molar-refractivity contribution in [1.29, 1.82) is 0 Å². The maximum absolute atomic E-state index is 13.3. The van der Waals surface area contributed by atoms with E-state index in [-0.39, 0.29) is 21.5 Å². The number of hydrogen-bond donors (Lipinski definition) is 2. The quantitative estimate of drug-likeness (QED) is 0.692. The first-order chi connectivity index (χ1) is 13.2. The summed E-state index contributed by atoms with van der Waals surface area (Å²) in [4.78, 5) is 28.6. The fourth-order valence-electron chi connectivity index (χ4n) is 3.58. The van der Waals surface area contributed by atoms with Crippen LogP contribution >= 0.6 is 22.9 Å². The molecule has 1 amide bonds. The zero-order valence-corrected chi connectivity index (χ0v) is 18.9. The van der Waals surface area contributed by atoms with Crippen LogP contribution in [0.4, 0.5) is 4.79 Å². The third-order valence-corrected chi connectivity index (χ3v) is 9.54. The molecule has 1 spiro atoms. The van der Waals surface area contributed by atoms with Gasteiger partial charge in [-0.1, -0.05) is 11.6 Å². The minimum atomic E-state index is -3.71. The molecule has 2 N–H and O–H groups in total. The van der Waals surface area contributed by atoms with Gasteiger partial charge in [0, 0.05) is 0 Å². The van der Waals surface area contributed by atoms with Gasteiger partial charge in [-0.3, -0.25) is 10.3 Å². The van der Waals surface area contributed by atoms with Crippen molar-refractivity contribution in [1.82, 2.24) is 5.32 Å². The SMILES string of the molecule is CC(C)(C)OC(=O)NC1=NC(C)(c2sc(C(=O)O)cc2Cl)CS(=O)(=O)C12CCC2. The third kappa shape index (κ3) is 3.89. The van der Waals surface area contributed by atoms with Crippen molar-refractivity contribution in [3.63, 3.8) is 0 Å². The lowest BCUT2D eigenvalue weighted by molar-refractivity contribution is 0.0558. The number of hydrogen-bond acceptors (Lipinski definition) is 7. The maximum atomic E-state index is 13.3. The van der Waals surface area contributed by atoms with Crippen molar-refractivity contribution < 1.29 is 27.9 Å². The first-order valence-electron chi connectivity index (χ1n) is 9.05. The smallest absolute Gasteiger partial charge is 0.413 e. The number of amides is 1. The average molecular weight is 463 g/mol. The summed E-state index contributed by atoms with van der Waals surface area (Å²) in [6.45, 7) is 6.69. The van der Waals surface area contributed by atoms with E-state index >= 15 is 0 Å². The molecule has 160 valence electrons. The molecule has 3 rings (SSSR count). The molecule has 2 aliphatic rings. The molecular formula is C18H23ClN2O6S2. The lowest BCUT2D eigenvalue weighted by Gasteiger charge is -2.47. The number of nitrogens with one attached hydrogen (secondary N) is 1. The van der Waals surface area contributed by atoms with Gasteiger partial charge in [0.2, 0.25) is 0 Å². The van der Waals surface area contributed by atoms with E-state index in [9.17, 15) is 23.1 Å². The molecule has 1 aliphatic carbocycles. The number of sulfone groups is 1. The van der Waals surface area contributed by atoms with Crippen LogP contribution < -0.4 is 5.32 Å². The predicted octanol–water partition coefficient (Wildman–Crippen LogP) is 3.59. The van der Waals surface area contributed by atoms with E-state index in [4.69, 9.17) is 16.3 Å². The van der Waals surface area contributed by atoms with E-state index in [0.29, 0.717) is 24.1 Å². The van der Waals surface area contributed by atoms with Gasteiger partial charge in [-0.25, -0.2) is 18.0 Å². The van der Waals surface area contributed by atoms with Crippen LogP contribution in [0.15, 0.2) is 11.1 Å². The largest absolute Gasteiger partial charge is 0.477 e. The number of aliphatic imine (C=N–C) groups is 1. The summed E-state index contributed by atoms with van der Waals surface area (Å²) in [6, 6.07) is 1.28. The van der Waals surface area contributed by atoms with Crippen LogP contribution in [0, 0.1) is 0 Å². The highest BCUT2D eigenvalue weighted by Gasteiger charge is 2.59. The number of carbonyl (C=O) groups is 2. The number of alkyl carbamates (subject to hydrolysis) is 1. The van der Waals surface area contributed by atoms with Crippen molar-refractivity contribution in [3.8, 4) is 0 Å². The number of rotatable bonds is 2. The van der Waals surface area contributed by atoms with Crippen LogP contribution in [0.3, 0.4) is 0 Å². The fourth-order valence-corrected chi connectivity index (χ4v) is 7.67. The summed E-state index contributed by atoms with van der Waals surface area (Å²) < 4.78 is 30.6. The Morgan fingerprint density at radius 1 is 1.34 bits per heavy atom. The average Bonchev–Trinajstić information content (AvgIpc) is 2.84. The van der Waals surface area contributed by atoms with Crippen molar-refractivity contribution in [2.45, 2.75) is 62.8 Å². The zero-order valence-electron chi connectivity index (χ0n) is 16.5. The molecule has 0 aromatic carbocycles. The van der Waals surface area contributed by atoms with Crippen LogP contribution in [0.2, 0.25) is 5.02 Å². The van der Waals surface area contributed by atoms with Crippen molar-refractivity contribution >= 4 is 50.7 Å². The molecule has 1 atom stereocenters. The molecular weight excluding hydrogens is 440 g/mol. The van der Waals surface area contributed by atoms with Gasteiger partial charge in [0.15, 0.2) is 9.84 Å². The van der Waals surface area contributed by atoms with Gasteiger partial charge in [0.25, 0.3) is 0 Å². The second-order valence-electron chi connectivity index (χ2n) is 8.56. The summed E-state index contributed by atoms with van der Waals surface area (Å²) in [7, 11) is -3.71. The van der Waals surface area contributed by atoms with Gasteiger partial charge in [0.05, 0.1) is 15.7 Å². The van der Waals surface area contributed by atoms with Crippen LogP contribution in [0.1, 0.15) is 61.5 Å². The summed E-state index contributed by atoms with van der Waals surface area (Å²) in [5.41, 5.74) is -2.08. The van der Waals surface area contributed by atoms with Gasteiger partial charge in [-0.15, -0.1) is 11.3 Å². The minimum Gasteiger partial charge on any atom is -0.477 e. The number of halogens is 1. The molecule has 29 heavy (non-hydrogen) atoms. The van der Waals surface area contributed by atoms with Crippen molar-refractivity contribution in [2.75, 3.05) is 5.75 Å². The highest BCUT2D eigenvalue weighted by Crippen LogP contribution is 2.49. The molecule has 2 heterocycles. The maximum Gasteiger partial charge on any atom is 0.413 e. The lowest BCUT2D eigenvalue weighted by Crippen LogP contribution is -2.63. The number of carboxylic acid groups (broad SMARTS) is 1. The molecule has 1 unspecified atom stereocenters. The van der Waals surface area contributed by atoms with Crippen LogP contribution in [-0.2, 0) is 20.1 Å². The second-order valence-corrected chi connectivity index (χ2v) is 12.3. The molecule has 1 aliphatic heterocycles. The number of thiophene rings is 1. The summed E-state index contributed by atoms with van der Waals surface area (Å²) >= 11 is 7.12.